The number of nitrogens with zero attached hydrogens (tertiary/aromatic N) is 1. The van der Waals surface area contributed by atoms with E-state index in [1.165, 1.54) is 5.56 Å². The van der Waals surface area contributed by atoms with Gasteiger partial charge in [0.25, 0.3) is 5.91 Å². The number of rotatable bonds is 7. The molecular weight excluding hydrogens is 464 g/mol. The van der Waals surface area contributed by atoms with Crippen molar-refractivity contribution in [2.75, 3.05) is 23.7 Å². The van der Waals surface area contributed by atoms with Gasteiger partial charge in [0.05, 0.1) is 22.5 Å². The molecule has 8 heteroatoms. The summed E-state index contributed by atoms with van der Waals surface area (Å²) >= 11 is 6.15. The Bertz CT molecular complexity index is 1500. The SMILES string of the molecule is CCN(CC)Cc1ccc(N/C(=C2\C(=O)Nc3cc(Cl)ccc32)c2ccc3oc(=O)[nH]c3c2)cc1. The van der Waals surface area contributed by atoms with Crippen LogP contribution in [0.3, 0.4) is 0 Å². The number of carbonyl (C=O) groups is 1. The van der Waals surface area contributed by atoms with Crippen molar-refractivity contribution < 1.29 is 9.21 Å². The largest absolute Gasteiger partial charge is 0.417 e. The molecule has 3 N–H and O–H groups in total. The van der Waals surface area contributed by atoms with Crippen molar-refractivity contribution in [1.29, 1.82) is 0 Å². The molecule has 0 aliphatic carbocycles. The first-order valence-electron chi connectivity index (χ1n) is 11.5. The molecule has 0 spiro atoms. The topological polar surface area (TPSA) is 90.4 Å². The Balaban J connectivity index is 1.59. The maximum absolute atomic E-state index is 13.1. The van der Waals surface area contributed by atoms with Gasteiger partial charge in [0.15, 0.2) is 5.58 Å². The highest BCUT2D eigenvalue weighted by Crippen LogP contribution is 2.39. The molecule has 35 heavy (non-hydrogen) atoms. The Morgan fingerprint density at radius 2 is 1.77 bits per heavy atom. The molecule has 1 aliphatic rings. The van der Waals surface area contributed by atoms with Gasteiger partial charge in [-0.05, 0) is 61.1 Å². The molecule has 0 unspecified atom stereocenters. The van der Waals surface area contributed by atoms with Crippen LogP contribution in [0, 0.1) is 0 Å². The Morgan fingerprint density at radius 3 is 2.51 bits per heavy atom. The zero-order chi connectivity index (χ0) is 24.5. The van der Waals surface area contributed by atoms with E-state index in [0.717, 1.165) is 36.4 Å². The number of hydrogen-bond donors (Lipinski definition) is 3. The molecule has 5 rings (SSSR count). The number of anilines is 2. The number of fused-ring (bicyclic) bond motifs is 2. The minimum atomic E-state index is -0.526. The molecule has 0 saturated heterocycles. The fourth-order valence-corrected chi connectivity index (χ4v) is 4.50. The average Bonchev–Trinajstić information content (AvgIpc) is 3.38. The highest BCUT2D eigenvalue weighted by Gasteiger charge is 2.29. The number of aromatic amines is 1. The monoisotopic (exact) mass is 488 g/mol. The van der Waals surface area contributed by atoms with Crippen LogP contribution in [0.4, 0.5) is 11.4 Å². The number of oxazole rings is 1. The summed E-state index contributed by atoms with van der Waals surface area (Å²) in [5.41, 5.74) is 6.30. The normalized spacial score (nSPS) is 14.3. The summed E-state index contributed by atoms with van der Waals surface area (Å²) in [7, 11) is 0. The molecule has 1 amide bonds. The molecule has 178 valence electrons. The molecule has 2 heterocycles. The second-order valence-corrected chi connectivity index (χ2v) is 8.84. The lowest BCUT2D eigenvalue weighted by Crippen LogP contribution is -2.22. The molecule has 0 radical (unpaired) electrons. The summed E-state index contributed by atoms with van der Waals surface area (Å²) in [5.74, 6) is -0.759. The lowest BCUT2D eigenvalue weighted by molar-refractivity contribution is -0.110. The maximum atomic E-state index is 13.1. The van der Waals surface area contributed by atoms with Crippen molar-refractivity contribution in [1.82, 2.24) is 9.88 Å². The summed E-state index contributed by atoms with van der Waals surface area (Å²) < 4.78 is 5.15. The summed E-state index contributed by atoms with van der Waals surface area (Å²) in [4.78, 5) is 29.8. The van der Waals surface area contributed by atoms with E-state index in [0.29, 0.717) is 33.1 Å². The van der Waals surface area contributed by atoms with Crippen LogP contribution in [0.15, 0.2) is 69.9 Å². The first kappa shape index (κ1) is 23.0. The predicted octanol–water partition coefficient (Wildman–Crippen LogP) is 5.55. The third kappa shape index (κ3) is 4.60. The van der Waals surface area contributed by atoms with Gasteiger partial charge in [0, 0.05) is 28.4 Å². The average molecular weight is 489 g/mol. The van der Waals surface area contributed by atoms with Crippen molar-refractivity contribution in [3.8, 4) is 0 Å². The van der Waals surface area contributed by atoms with Gasteiger partial charge in [-0.15, -0.1) is 0 Å². The van der Waals surface area contributed by atoms with Crippen LogP contribution in [0.2, 0.25) is 5.02 Å². The van der Waals surface area contributed by atoms with Crippen LogP contribution in [-0.2, 0) is 11.3 Å². The first-order chi connectivity index (χ1) is 16.9. The molecule has 1 aliphatic heterocycles. The maximum Gasteiger partial charge on any atom is 0.417 e. The van der Waals surface area contributed by atoms with Gasteiger partial charge in [0.1, 0.15) is 0 Å². The molecule has 7 nitrogen and oxygen atoms in total. The van der Waals surface area contributed by atoms with E-state index < -0.39 is 5.76 Å². The minimum absolute atomic E-state index is 0.233. The van der Waals surface area contributed by atoms with Crippen LogP contribution in [0.1, 0.15) is 30.5 Å². The van der Waals surface area contributed by atoms with Gasteiger partial charge in [-0.2, -0.15) is 0 Å². The summed E-state index contributed by atoms with van der Waals surface area (Å²) in [5, 5.41) is 6.90. The molecule has 0 fully saturated rings. The third-order valence-corrected chi connectivity index (χ3v) is 6.44. The van der Waals surface area contributed by atoms with E-state index in [1.54, 1.807) is 24.3 Å². The van der Waals surface area contributed by atoms with Gasteiger partial charge in [0.2, 0.25) is 0 Å². The van der Waals surface area contributed by atoms with Gasteiger partial charge < -0.3 is 15.1 Å². The summed E-state index contributed by atoms with van der Waals surface area (Å²) in [6, 6.07) is 18.8. The highest BCUT2D eigenvalue weighted by molar-refractivity contribution is 6.38. The number of H-pyrrole nitrogens is 1. The summed E-state index contributed by atoms with van der Waals surface area (Å²) in [6.45, 7) is 7.16. The first-order valence-corrected chi connectivity index (χ1v) is 11.9. The van der Waals surface area contributed by atoms with Crippen LogP contribution in [0.25, 0.3) is 22.4 Å². The van der Waals surface area contributed by atoms with Crippen molar-refractivity contribution in [2.45, 2.75) is 20.4 Å². The molecule has 0 bridgehead atoms. The highest BCUT2D eigenvalue weighted by atomic mass is 35.5. The van der Waals surface area contributed by atoms with Crippen molar-refractivity contribution >= 4 is 51.3 Å². The molecule has 4 aromatic rings. The van der Waals surface area contributed by atoms with Gasteiger partial charge in [-0.1, -0.05) is 43.6 Å². The number of aromatic nitrogens is 1. The van der Waals surface area contributed by atoms with Gasteiger partial charge >= 0.3 is 5.76 Å². The van der Waals surface area contributed by atoms with Crippen LogP contribution >= 0.6 is 11.6 Å². The van der Waals surface area contributed by atoms with Crippen molar-refractivity contribution in [2.24, 2.45) is 0 Å². The van der Waals surface area contributed by atoms with E-state index in [2.05, 4.69) is 46.5 Å². The molecular formula is C27H25ClN4O3. The quantitative estimate of drug-likeness (QED) is 0.297. The second kappa shape index (κ2) is 9.44. The van der Waals surface area contributed by atoms with Crippen LogP contribution in [0.5, 0.6) is 0 Å². The number of carbonyl (C=O) groups excluding carboxylic acids is 1. The Kier molecular flexibility index (Phi) is 6.19. The smallest absolute Gasteiger partial charge is 0.408 e. The summed E-state index contributed by atoms with van der Waals surface area (Å²) in [6.07, 6.45) is 0. The number of benzene rings is 3. The lowest BCUT2D eigenvalue weighted by atomic mass is 9.99. The third-order valence-electron chi connectivity index (χ3n) is 6.21. The molecule has 3 aromatic carbocycles. The number of nitrogens with one attached hydrogen (secondary N) is 3. The van der Waals surface area contributed by atoms with E-state index in [9.17, 15) is 9.59 Å². The van der Waals surface area contributed by atoms with E-state index in [4.69, 9.17) is 16.0 Å². The van der Waals surface area contributed by atoms with Crippen molar-refractivity contribution in [3.05, 3.63) is 92.9 Å². The molecule has 1 aromatic heterocycles. The van der Waals surface area contributed by atoms with Crippen molar-refractivity contribution in [3.63, 3.8) is 0 Å². The number of halogens is 1. The Hall–Kier alpha value is -3.81. The molecule has 0 saturated carbocycles. The zero-order valence-corrected chi connectivity index (χ0v) is 20.2. The van der Waals surface area contributed by atoms with Crippen LogP contribution < -0.4 is 16.4 Å². The fourth-order valence-electron chi connectivity index (χ4n) is 4.32. The van der Waals surface area contributed by atoms with Gasteiger partial charge in [-0.3, -0.25) is 14.7 Å². The minimum Gasteiger partial charge on any atom is -0.408 e. The number of amides is 1. The van der Waals surface area contributed by atoms with E-state index in [-0.39, 0.29) is 5.91 Å². The fraction of sp³-hybridized carbons (Fsp3) is 0.185. The molecule has 0 atom stereocenters. The van der Waals surface area contributed by atoms with Crippen LogP contribution in [-0.4, -0.2) is 28.9 Å². The number of hydrogen-bond acceptors (Lipinski definition) is 5. The lowest BCUT2D eigenvalue weighted by Gasteiger charge is -2.19. The second-order valence-electron chi connectivity index (χ2n) is 8.40. The predicted molar refractivity (Wildman–Crippen MR) is 140 cm³/mol. The Labute approximate surface area is 207 Å². The van der Waals surface area contributed by atoms with E-state index >= 15 is 0 Å². The van der Waals surface area contributed by atoms with Gasteiger partial charge in [-0.25, -0.2) is 4.79 Å². The standard InChI is InChI=1S/C27H25ClN4O3/c1-3-32(4-2)15-16-5-9-19(10-6-16)29-25(17-7-12-23-22(13-17)31-27(34)35-23)24-20-11-8-18(28)14-21(20)30-26(24)33/h5-14,29H,3-4,15H2,1-2H3,(H,30,33)(H,31,34)/b25-24-. The zero-order valence-electron chi connectivity index (χ0n) is 19.4. The Morgan fingerprint density at radius 1 is 1.00 bits per heavy atom. The van der Waals surface area contributed by atoms with E-state index in [1.807, 2.05) is 24.3 Å².